The van der Waals surface area contributed by atoms with E-state index in [0.29, 0.717) is 38.8 Å². The summed E-state index contributed by atoms with van der Waals surface area (Å²) in [6.07, 6.45) is 2.80. The summed E-state index contributed by atoms with van der Waals surface area (Å²) in [6.45, 7) is 0.652. The molecule has 3 aromatic carbocycles. The molecule has 4 heterocycles. The molecule has 2 amide bonds. The monoisotopic (exact) mass is 1040 g/mol. The van der Waals surface area contributed by atoms with Crippen LogP contribution in [0.25, 0.3) is 0 Å². The minimum Gasteiger partial charge on any atom is -0.503 e. The number of aromatic nitrogens is 2. The van der Waals surface area contributed by atoms with E-state index in [1.54, 1.807) is 36.9 Å². The van der Waals surface area contributed by atoms with E-state index in [1.165, 1.54) is 45.0 Å². The molecule has 2 aromatic heterocycles. The van der Waals surface area contributed by atoms with E-state index in [2.05, 4.69) is 0 Å². The molecule has 9 rings (SSSR count). The van der Waals surface area contributed by atoms with E-state index < -0.39 is 74.9 Å². The van der Waals surface area contributed by atoms with Crippen LogP contribution in [0.1, 0.15) is 96.9 Å². The van der Waals surface area contributed by atoms with Gasteiger partial charge < -0.3 is 39.0 Å². The standard InChI is InChI=1S/C28H26ClFN2O5.C21H20ClFN2O5.BrH/c1-31-16-28(12-19(33)13-28)32-14-20(22(34)11-10-18-8-5-9-21(29)23(18)30)25(35)26(24(32)27(31)36)37-15-17-6-3-2-4-7-17;1-24-10-21(7-12(26)8-21)25-9-13(18(28)19(29)17(25)20(24)30)15(27)6-5-11-3-2-4-14(22)16(11)23;/h2-9,14,19,33H,10-13,15-16H2,1H3;2-4,9,12,26,29H,5-8,10H2,1H3;1H. The van der Waals surface area contributed by atoms with Gasteiger partial charge in [0.1, 0.15) is 18.2 Å². The molecule has 4 aliphatic rings. The Hall–Kier alpha value is -5.72. The SMILES string of the molecule is Br.CN1CC2(CC(O)C2)n2cc(C(=O)CCc3cccc(Cl)c3F)c(=O)c(O)c2C1=O.CN1CC2(CC(O)C2)n2cc(C(=O)CCc3cccc(Cl)c3F)c(=O)c(OCc3ccccc3)c2C1=O. The lowest BCUT2D eigenvalue weighted by Gasteiger charge is -2.52. The lowest BCUT2D eigenvalue weighted by molar-refractivity contribution is -0.0455. The average Bonchev–Trinajstić information content (AvgIpc) is 3.28. The van der Waals surface area contributed by atoms with Gasteiger partial charge in [0.2, 0.25) is 10.9 Å². The van der Waals surface area contributed by atoms with E-state index >= 15 is 0 Å². The highest BCUT2D eigenvalue weighted by molar-refractivity contribution is 8.93. The van der Waals surface area contributed by atoms with E-state index in [0.717, 1.165) is 5.56 Å². The van der Waals surface area contributed by atoms with Gasteiger partial charge in [-0.2, -0.15) is 0 Å². The average molecular weight is 1040 g/mol. The molecule has 5 aromatic rings. The smallest absolute Gasteiger partial charge is 0.274 e. The highest BCUT2D eigenvalue weighted by atomic mass is 79.9. The Balaban J connectivity index is 0.000000203. The van der Waals surface area contributed by atoms with Crippen molar-refractivity contribution in [3.05, 3.63) is 160 Å². The maximum absolute atomic E-state index is 14.4. The largest absolute Gasteiger partial charge is 0.503 e. The number of aromatic hydroxyl groups is 1. The Morgan fingerprint density at radius 3 is 1.59 bits per heavy atom. The highest BCUT2D eigenvalue weighted by Gasteiger charge is 2.53. The zero-order chi connectivity index (χ0) is 48.1. The van der Waals surface area contributed by atoms with Crippen molar-refractivity contribution in [2.45, 2.75) is 81.3 Å². The molecule has 0 radical (unpaired) electrons. The van der Waals surface area contributed by atoms with Crippen LogP contribution in [-0.4, -0.2) is 97.0 Å². The molecule has 0 atom stereocenters. The number of aryl methyl sites for hydroxylation is 2. The van der Waals surface area contributed by atoms with Gasteiger partial charge in [-0.1, -0.05) is 77.8 Å². The van der Waals surface area contributed by atoms with Crippen molar-refractivity contribution >= 4 is 63.6 Å². The van der Waals surface area contributed by atoms with Gasteiger partial charge in [0, 0.05) is 52.4 Å². The molecule has 2 aliphatic carbocycles. The summed E-state index contributed by atoms with van der Waals surface area (Å²) in [5.74, 6) is -4.19. The summed E-state index contributed by atoms with van der Waals surface area (Å²) in [4.78, 5) is 81.1. The molecule has 68 heavy (non-hydrogen) atoms. The Morgan fingerprint density at radius 1 is 0.676 bits per heavy atom. The van der Waals surface area contributed by atoms with Crippen LogP contribution < -0.4 is 15.6 Å². The van der Waals surface area contributed by atoms with Crippen LogP contribution >= 0.6 is 40.2 Å². The van der Waals surface area contributed by atoms with Crippen molar-refractivity contribution in [1.29, 1.82) is 0 Å². The number of benzene rings is 3. The van der Waals surface area contributed by atoms with E-state index in [1.807, 2.05) is 30.3 Å². The first-order valence-electron chi connectivity index (χ1n) is 21.6. The quantitative estimate of drug-likeness (QED) is 0.121. The predicted octanol–water partition coefficient (Wildman–Crippen LogP) is 6.65. The van der Waals surface area contributed by atoms with Crippen molar-refractivity contribution in [3.63, 3.8) is 0 Å². The number of carbonyl (C=O) groups is 4. The highest BCUT2D eigenvalue weighted by Crippen LogP contribution is 2.46. The van der Waals surface area contributed by atoms with Crippen molar-refractivity contribution in [3.8, 4) is 11.5 Å². The number of nitrogens with zero attached hydrogens (tertiary/aromatic N) is 4. The number of ether oxygens (including phenoxy) is 1. The number of aliphatic hydroxyl groups is 2. The van der Waals surface area contributed by atoms with Crippen molar-refractivity contribution in [1.82, 2.24) is 18.9 Å². The van der Waals surface area contributed by atoms with Gasteiger partial charge in [-0.05, 0) is 67.3 Å². The summed E-state index contributed by atoms with van der Waals surface area (Å²) in [7, 11) is 3.20. The number of ketones is 2. The second-order valence-electron chi connectivity index (χ2n) is 17.8. The third-order valence-electron chi connectivity index (χ3n) is 13.1. The van der Waals surface area contributed by atoms with Gasteiger partial charge in [0.25, 0.3) is 11.8 Å². The van der Waals surface area contributed by atoms with E-state index in [4.69, 9.17) is 27.9 Å². The molecule has 19 heteroatoms. The normalized spacial score (nSPS) is 21.2. The third-order valence-corrected chi connectivity index (χ3v) is 13.7. The van der Waals surface area contributed by atoms with Gasteiger partial charge in [-0.15, -0.1) is 17.0 Å². The zero-order valence-corrected chi connectivity index (χ0v) is 40.1. The van der Waals surface area contributed by atoms with Gasteiger partial charge >= 0.3 is 0 Å². The topological polar surface area (TPSA) is 189 Å². The lowest BCUT2D eigenvalue weighted by Crippen LogP contribution is -2.61. The number of carbonyl (C=O) groups excluding carboxylic acids is 4. The molecular formula is C49H47BrCl2F2N4O10. The number of aliphatic hydroxyl groups excluding tert-OH is 2. The fourth-order valence-electron chi connectivity index (χ4n) is 9.68. The summed E-state index contributed by atoms with van der Waals surface area (Å²) in [5.41, 5.74) is -2.15. The van der Waals surface area contributed by atoms with Crippen LogP contribution in [0, 0.1) is 11.6 Å². The zero-order valence-electron chi connectivity index (χ0n) is 36.8. The molecule has 2 aliphatic heterocycles. The number of halogens is 5. The van der Waals surface area contributed by atoms with E-state index in [-0.39, 0.29) is 98.7 Å². The van der Waals surface area contributed by atoms with Crippen molar-refractivity contribution in [2.24, 2.45) is 0 Å². The minimum absolute atomic E-state index is 0. The number of amides is 2. The lowest BCUT2D eigenvalue weighted by atomic mass is 9.72. The Kier molecular flexibility index (Phi) is 14.5. The summed E-state index contributed by atoms with van der Waals surface area (Å²) < 4.78 is 37.5. The summed E-state index contributed by atoms with van der Waals surface area (Å²) >= 11 is 11.6. The first-order valence-corrected chi connectivity index (χ1v) is 22.4. The number of pyridine rings is 2. The second-order valence-corrected chi connectivity index (χ2v) is 18.6. The van der Waals surface area contributed by atoms with E-state index in [9.17, 15) is 52.9 Å². The molecule has 0 bridgehead atoms. The minimum atomic E-state index is -0.934. The molecule has 2 spiro atoms. The fraction of sp³-hybridized carbons (Fsp3) is 0.347. The number of fused-ring (bicyclic) bond motifs is 4. The predicted molar refractivity (Wildman–Crippen MR) is 253 cm³/mol. The van der Waals surface area contributed by atoms with Crippen LogP contribution in [0.3, 0.4) is 0 Å². The first kappa shape index (κ1) is 50.2. The molecule has 14 nitrogen and oxygen atoms in total. The van der Waals surface area contributed by atoms with Gasteiger partial charge in [0.05, 0.1) is 44.5 Å². The Labute approximate surface area is 409 Å². The maximum Gasteiger partial charge on any atom is 0.274 e. The molecule has 0 saturated heterocycles. The van der Waals surface area contributed by atoms with Crippen LogP contribution in [0.2, 0.25) is 10.0 Å². The number of rotatable bonds is 11. The molecule has 3 N–H and O–H groups in total. The van der Waals surface area contributed by atoms with Crippen LogP contribution in [-0.2, 0) is 30.5 Å². The third kappa shape index (κ3) is 9.26. The fourth-order valence-corrected chi connectivity index (χ4v) is 10.1. The number of hydrogen-bond donors (Lipinski definition) is 3. The van der Waals surface area contributed by atoms with Crippen molar-refractivity contribution < 1.29 is 48.0 Å². The van der Waals surface area contributed by atoms with Gasteiger partial charge in [0.15, 0.2) is 34.5 Å². The second kappa shape index (κ2) is 19.7. The molecule has 2 saturated carbocycles. The first-order chi connectivity index (χ1) is 31.8. The van der Waals surface area contributed by atoms with Crippen molar-refractivity contribution in [2.75, 3.05) is 27.2 Å². The molecular weight excluding hydrogens is 993 g/mol. The number of hydrogen-bond acceptors (Lipinski definition) is 10. The summed E-state index contributed by atoms with van der Waals surface area (Å²) in [6, 6.07) is 18.2. The molecule has 358 valence electrons. The van der Waals surface area contributed by atoms with Crippen LogP contribution in [0.5, 0.6) is 11.5 Å². The van der Waals surface area contributed by atoms with Gasteiger partial charge in [-0.25, -0.2) is 8.78 Å². The number of Topliss-reactive ketones (excluding diaryl/α,β-unsaturated/α-hetero) is 2. The Bertz CT molecular complexity index is 2960. The molecule has 2 fully saturated rings. The van der Waals surface area contributed by atoms with Crippen LogP contribution in [0.15, 0.2) is 88.7 Å². The van der Waals surface area contributed by atoms with Crippen LogP contribution in [0.4, 0.5) is 8.78 Å². The summed E-state index contributed by atoms with van der Waals surface area (Å²) in [5, 5.41) is 30.4. The van der Waals surface area contributed by atoms with Gasteiger partial charge in [-0.3, -0.25) is 28.8 Å². The maximum atomic E-state index is 14.4. The Morgan fingerprint density at radius 2 is 1.12 bits per heavy atom. The molecule has 0 unspecified atom stereocenters. The number of likely N-dealkylation sites (N-methyl/N-ethyl adjacent to an activating group) is 2.